The largest absolute Gasteiger partial charge is 0.462 e. The molecule has 1 N–H and O–H groups in total. The fourth-order valence-corrected chi connectivity index (χ4v) is 2.27. The number of benzene rings is 1. The topological polar surface area (TPSA) is 58.6 Å². The van der Waals surface area contributed by atoms with Gasteiger partial charge in [0.1, 0.15) is 0 Å². The quantitative estimate of drug-likeness (QED) is 0.541. The number of carbonyl (C=O) groups is 2. The van der Waals surface area contributed by atoms with Gasteiger partial charge >= 0.3 is 5.97 Å². The van der Waals surface area contributed by atoms with Crippen molar-refractivity contribution in [1.29, 1.82) is 0 Å². The Hall–Kier alpha value is -1.59. The van der Waals surface area contributed by atoms with Crippen LogP contribution in [0.2, 0.25) is 0 Å². The van der Waals surface area contributed by atoms with Crippen molar-refractivity contribution in [2.24, 2.45) is 0 Å². The number of likely N-dealkylation sites (N-methyl/N-ethyl adjacent to an activating group) is 1. The maximum atomic E-state index is 12.2. The molecular formula is C18H29ClN2O3. The van der Waals surface area contributed by atoms with Crippen LogP contribution in [0, 0.1) is 0 Å². The van der Waals surface area contributed by atoms with E-state index in [1.807, 2.05) is 27.7 Å². The van der Waals surface area contributed by atoms with Crippen LogP contribution in [0.25, 0.3) is 0 Å². The molecule has 0 spiro atoms. The Kier molecular flexibility index (Phi) is 11.1. The summed E-state index contributed by atoms with van der Waals surface area (Å²) in [7, 11) is 0. The summed E-state index contributed by atoms with van der Waals surface area (Å²) < 4.78 is 5.16. The van der Waals surface area contributed by atoms with E-state index in [4.69, 9.17) is 4.74 Å². The van der Waals surface area contributed by atoms with Crippen LogP contribution in [-0.2, 0) is 9.53 Å². The minimum atomic E-state index is -0.326. The molecule has 24 heavy (non-hydrogen) atoms. The molecule has 0 aliphatic rings. The Morgan fingerprint density at radius 2 is 1.71 bits per heavy atom. The molecule has 0 radical (unpaired) electrons. The number of nitrogens with zero attached hydrogens (tertiary/aromatic N) is 1. The van der Waals surface area contributed by atoms with Gasteiger partial charge in [0.2, 0.25) is 5.91 Å². The summed E-state index contributed by atoms with van der Waals surface area (Å²) in [6.45, 7) is 10.1. The van der Waals surface area contributed by atoms with Gasteiger partial charge in [-0.1, -0.05) is 27.2 Å². The lowest BCUT2D eigenvalue weighted by Crippen LogP contribution is -2.41. The van der Waals surface area contributed by atoms with Crippen LogP contribution in [0.4, 0.5) is 5.69 Å². The number of halogens is 1. The zero-order valence-corrected chi connectivity index (χ0v) is 15.8. The Balaban J connectivity index is 0.00000529. The number of rotatable bonds is 9. The normalized spacial score (nSPS) is 11.5. The predicted octanol–water partition coefficient (Wildman–Crippen LogP) is 3.73. The van der Waals surface area contributed by atoms with Gasteiger partial charge in [0, 0.05) is 5.69 Å². The lowest BCUT2D eigenvalue weighted by atomic mass is 10.2. The summed E-state index contributed by atoms with van der Waals surface area (Å²) in [6, 6.07) is 6.61. The van der Waals surface area contributed by atoms with Gasteiger partial charge in [-0.15, -0.1) is 12.4 Å². The van der Waals surface area contributed by atoms with Gasteiger partial charge < -0.3 is 10.1 Å². The van der Waals surface area contributed by atoms with Crippen LogP contribution in [0.3, 0.4) is 0 Å². The van der Waals surface area contributed by atoms with Crippen molar-refractivity contribution >= 4 is 30.0 Å². The summed E-state index contributed by atoms with van der Waals surface area (Å²) in [4.78, 5) is 26.1. The molecule has 0 aliphatic carbocycles. The molecule has 0 aliphatic heterocycles. The highest BCUT2D eigenvalue weighted by molar-refractivity contribution is 5.95. The first-order valence-corrected chi connectivity index (χ1v) is 8.35. The van der Waals surface area contributed by atoms with Gasteiger partial charge in [0.25, 0.3) is 0 Å². The van der Waals surface area contributed by atoms with Crippen LogP contribution in [0.1, 0.15) is 50.9 Å². The molecule has 6 heteroatoms. The zero-order valence-electron chi connectivity index (χ0n) is 15.0. The number of amides is 1. The fourth-order valence-electron chi connectivity index (χ4n) is 2.27. The molecule has 1 atom stereocenters. The molecule has 1 amide bonds. The highest BCUT2D eigenvalue weighted by Crippen LogP contribution is 2.12. The van der Waals surface area contributed by atoms with E-state index in [9.17, 15) is 9.59 Å². The lowest BCUT2D eigenvalue weighted by Gasteiger charge is -2.25. The SMILES string of the molecule is CCCCOC(=O)c1ccc(NC(=O)C(C)N(CC)CC)cc1.Cl. The lowest BCUT2D eigenvalue weighted by molar-refractivity contribution is -0.120. The summed E-state index contributed by atoms with van der Waals surface area (Å²) >= 11 is 0. The standard InChI is InChI=1S/C18H28N2O3.ClH/c1-5-8-13-23-18(22)15-9-11-16(12-10-15)19-17(21)14(4)20(6-2)7-3;/h9-12,14H,5-8,13H2,1-4H3,(H,19,21);1H. The third-order valence-corrected chi connectivity index (χ3v) is 3.86. The van der Waals surface area contributed by atoms with Gasteiger partial charge in [-0.2, -0.15) is 0 Å². The van der Waals surface area contributed by atoms with E-state index in [0.717, 1.165) is 25.9 Å². The summed E-state index contributed by atoms with van der Waals surface area (Å²) in [5, 5.41) is 2.88. The van der Waals surface area contributed by atoms with Gasteiger partial charge in [0.05, 0.1) is 18.2 Å². The molecule has 0 aromatic heterocycles. The number of ether oxygens (including phenoxy) is 1. The number of hydrogen-bond acceptors (Lipinski definition) is 4. The number of nitrogens with one attached hydrogen (secondary N) is 1. The molecule has 0 bridgehead atoms. The van der Waals surface area contributed by atoms with Crippen molar-refractivity contribution in [2.45, 2.75) is 46.6 Å². The highest BCUT2D eigenvalue weighted by Gasteiger charge is 2.18. The molecule has 0 saturated heterocycles. The van der Waals surface area contributed by atoms with Crippen LogP contribution in [0.5, 0.6) is 0 Å². The second-order valence-electron chi connectivity index (χ2n) is 5.45. The van der Waals surface area contributed by atoms with Crippen molar-refractivity contribution in [1.82, 2.24) is 4.90 Å². The Morgan fingerprint density at radius 1 is 1.12 bits per heavy atom. The molecule has 5 nitrogen and oxygen atoms in total. The summed E-state index contributed by atoms with van der Waals surface area (Å²) in [6.07, 6.45) is 1.85. The fraction of sp³-hybridized carbons (Fsp3) is 0.556. The van der Waals surface area contributed by atoms with E-state index in [0.29, 0.717) is 17.9 Å². The first-order valence-electron chi connectivity index (χ1n) is 8.35. The van der Waals surface area contributed by atoms with E-state index in [1.54, 1.807) is 24.3 Å². The zero-order chi connectivity index (χ0) is 17.2. The molecule has 1 rings (SSSR count). The molecule has 0 saturated carbocycles. The van der Waals surface area contributed by atoms with Gasteiger partial charge in [-0.05, 0) is 50.7 Å². The maximum Gasteiger partial charge on any atom is 0.338 e. The van der Waals surface area contributed by atoms with E-state index in [1.165, 1.54) is 0 Å². The third-order valence-electron chi connectivity index (χ3n) is 3.86. The average molecular weight is 357 g/mol. The highest BCUT2D eigenvalue weighted by atomic mass is 35.5. The minimum Gasteiger partial charge on any atom is -0.462 e. The van der Waals surface area contributed by atoms with Crippen molar-refractivity contribution in [3.8, 4) is 0 Å². The molecule has 136 valence electrons. The molecule has 1 unspecified atom stereocenters. The van der Waals surface area contributed by atoms with Gasteiger partial charge in [-0.25, -0.2) is 4.79 Å². The number of esters is 1. The second kappa shape index (κ2) is 11.9. The van der Waals surface area contributed by atoms with Crippen molar-refractivity contribution < 1.29 is 14.3 Å². The Bertz CT molecular complexity index is 501. The monoisotopic (exact) mass is 356 g/mol. The van der Waals surface area contributed by atoms with E-state index in [-0.39, 0.29) is 30.3 Å². The molecular weight excluding hydrogens is 328 g/mol. The molecule has 0 fully saturated rings. The first-order chi connectivity index (χ1) is 11.0. The number of hydrogen-bond donors (Lipinski definition) is 1. The Morgan fingerprint density at radius 3 is 2.21 bits per heavy atom. The predicted molar refractivity (Wildman–Crippen MR) is 99.9 cm³/mol. The van der Waals surface area contributed by atoms with Gasteiger partial charge in [-0.3, -0.25) is 9.69 Å². The van der Waals surface area contributed by atoms with E-state index < -0.39 is 0 Å². The van der Waals surface area contributed by atoms with Crippen LogP contribution < -0.4 is 5.32 Å². The first kappa shape index (κ1) is 22.4. The van der Waals surface area contributed by atoms with Gasteiger partial charge in [0.15, 0.2) is 0 Å². The van der Waals surface area contributed by atoms with Crippen LogP contribution >= 0.6 is 12.4 Å². The van der Waals surface area contributed by atoms with Crippen LogP contribution in [0.15, 0.2) is 24.3 Å². The second-order valence-corrected chi connectivity index (χ2v) is 5.45. The number of carbonyl (C=O) groups excluding carboxylic acids is 2. The summed E-state index contributed by atoms with van der Waals surface area (Å²) in [5.74, 6) is -0.375. The number of unbranched alkanes of at least 4 members (excludes halogenated alkanes) is 1. The number of anilines is 1. The summed E-state index contributed by atoms with van der Waals surface area (Å²) in [5.41, 5.74) is 1.18. The minimum absolute atomic E-state index is 0. The smallest absolute Gasteiger partial charge is 0.338 e. The van der Waals surface area contributed by atoms with E-state index in [2.05, 4.69) is 10.2 Å². The van der Waals surface area contributed by atoms with Crippen molar-refractivity contribution in [3.05, 3.63) is 29.8 Å². The van der Waals surface area contributed by atoms with Crippen molar-refractivity contribution in [3.63, 3.8) is 0 Å². The third kappa shape index (κ3) is 6.89. The average Bonchev–Trinajstić information content (AvgIpc) is 2.56. The molecule has 0 heterocycles. The van der Waals surface area contributed by atoms with Crippen molar-refractivity contribution in [2.75, 3.05) is 25.0 Å². The Labute approximate surface area is 151 Å². The molecule has 1 aromatic rings. The maximum absolute atomic E-state index is 12.2. The van der Waals surface area contributed by atoms with E-state index >= 15 is 0 Å². The van der Waals surface area contributed by atoms with Crippen LogP contribution in [-0.4, -0.2) is 42.5 Å². The molecule has 1 aromatic carbocycles.